The van der Waals surface area contributed by atoms with Crippen LogP contribution in [0.4, 0.5) is 0 Å². The monoisotopic (exact) mass is 1150 g/mol. The maximum absolute atomic E-state index is 13.0. The second-order valence-electron chi connectivity index (χ2n) is 25.2. The summed E-state index contributed by atoms with van der Waals surface area (Å²) in [5, 5.41) is 0. The highest BCUT2D eigenvalue weighted by Gasteiger charge is 2.20. The van der Waals surface area contributed by atoms with Gasteiger partial charge in [-0.25, -0.2) is 0 Å². The Bertz CT molecular complexity index is 1370. The summed E-state index contributed by atoms with van der Waals surface area (Å²) in [6.07, 6.45) is 88.9. The van der Waals surface area contributed by atoms with Crippen LogP contribution >= 0.6 is 0 Å². The molecule has 6 nitrogen and oxygen atoms in total. The molecule has 0 saturated heterocycles. The van der Waals surface area contributed by atoms with Crippen LogP contribution in [-0.2, 0) is 28.6 Å². The number of rotatable bonds is 69. The lowest BCUT2D eigenvalue weighted by atomic mass is 10.0. The molecular formula is C76H142O6. The molecule has 0 bridgehead atoms. The number of hydrogen-bond acceptors (Lipinski definition) is 6. The van der Waals surface area contributed by atoms with Crippen LogP contribution in [0.3, 0.4) is 0 Å². The summed E-state index contributed by atoms with van der Waals surface area (Å²) in [6, 6.07) is 0. The van der Waals surface area contributed by atoms with Crippen LogP contribution in [0.2, 0.25) is 0 Å². The Labute approximate surface area is 512 Å². The molecule has 1 unspecified atom stereocenters. The summed E-state index contributed by atoms with van der Waals surface area (Å²) < 4.78 is 17.0. The maximum Gasteiger partial charge on any atom is 0.306 e. The first kappa shape index (κ1) is 79.6. The van der Waals surface area contributed by atoms with Crippen LogP contribution in [0.15, 0.2) is 36.5 Å². The van der Waals surface area contributed by atoms with Crippen molar-refractivity contribution in [1.29, 1.82) is 0 Å². The van der Waals surface area contributed by atoms with Gasteiger partial charge in [-0.15, -0.1) is 0 Å². The van der Waals surface area contributed by atoms with Crippen LogP contribution in [0, 0.1) is 0 Å². The molecule has 0 aliphatic carbocycles. The maximum atomic E-state index is 13.0. The second kappa shape index (κ2) is 71.1. The van der Waals surface area contributed by atoms with E-state index in [2.05, 4.69) is 57.2 Å². The molecular weight excluding hydrogens is 1010 g/mol. The van der Waals surface area contributed by atoms with Gasteiger partial charge in [0, 0.05) is 19.3 Å². The lowest BCUT2D eigenvalue weighted by molar-refractivity contribution is -0.167. The minimum Gasteiger partial charge on any atom is -0.462 e. The van der Waals surface area contributed by atoms with E-state index in [4.69, 9.17) is 14.2 Å². The lowest BCUT2D eigenvalue weighted by Gasteiger charge is -2.18. The number of allylic oxidation sites excluding steroid dienone is 6. The number of hydrogen-bond donors (Lipinski definition) is 0. The van der Waals surface area contributed by atoms with Gasteiger partial charge in [0.2, 0.25) is 0 Å². The molecule has 0 radical (unpaired) electrons. The molecule has 482 valence electrons. The number of ether oxygens (including phenoxy) is 3. The van der Waals surface area contributed by atoms with Crippen molar-refractivity contribution in [2.45, 2.75) is 419 Å². The molecule has 0 aromatic carbocycles. The Morgan fingerprint density at radius 1 is 0.244 bits per heavy atom. The number of carbonyl (C=O) groups is 3. The van der Waals surface area contributed by atoms with Crippen LogP contribution in [0.1, 0.15) is 412 Å². The van der Waals surface area contributed by atoms with Crippen molar-refractivity contribution in [2.24, 2.45) is 0 Å². The van der Waals surface area contributed by atoms with E-state index in [1.807, 2.05) is 0 Å². The first-order chi connectivity index (χ1) is 40.5. The number of carbonyl (C=O) groups excluding carboxylic acids is 3. The van der Waals surface area contributed by atoms with Crippen molar-refractivity contribution in [3.05, 3.63) is 36.5 Å². The minimum atomic E-state index is -0.771. The van der Waals surface area contributed by atoms with Crippen molar-refractivity contribution in [3.8, 4) is 0 Å². The van der Waals surface area contributed by atoms with Crippen molar-refractivity contribution in [1.82, 2.24) is 0 Å². The minimum absolute atomic E-state index is 0.0663. The largest absolute Gasteiger partial charge is 0.462 e. The Hall–Kier alpha value is -2.37. The topological polar surface area (TPSA) is 78.9 Å². The summed E-state index contributed by atoms with van der Waals surface area (Å²) in [5.41, 5.74) is 0. The van der Waals surface area contributed by atoms with Crippen molar-refractivity contribution < 1.29 is 28.6 Å². The van der Waals surface area contributed by atoms with Gasteiger partial charge < -0.3 is 14.2 Å². The third-order valence-corrected chi connectivity index (χ3v) is 16.9. The zero-order chi connectivity index (χ0) is 59.2. The smallest absolute Gasteiger partial charge is 0.306 e. The zero-order valence-electron chi connectivity index (χ0n) is 55.5. The number of esters is 3. The molecule has 0 rings (SSSR count). The summed E-state index contributed by atoms with van der Waals surface area (Å²) in [5.74, 6) is -0.835. The van der Waals surface area contributed by atoms with Gasteiger partial charge in [0.1, 0.15) is 13.2 Å². The quantitative estimate of drug-likeness (QED) is 0.0261. The van der Waals surface area contributed by atoms with E-state index in [0.717, 1.165) is 64.2 Å². The van der Waals surface area contributed by atoms with Gasteiger partial charge in [0.05, 0.1) is 0 Å². The first-order valence-electron chi connectivity index (χ1n) is 37.0. The fourth-order valence-electron chi connectivity index (χ4n) is 11.3. The van der Waals surface area contributed by atoms with Crippen molar-refractivity contribution in [2.75, 3.05) is 13.2 Å². The van der Waals surface area contributed by atoms with Crippen molar-refractivity contribution in [3.63, 3.8) is 0 Å². The van der Waals surface area contributed by atoms with E-state index in [1.165, 1.54) is 308 Å². The standard InChI is InChI=1S/C76H142O6/c1-4-7-10-13-16-19-22-25-28-30-32-34-36-38-40-42-44-46-48-51-54-57-60-63-66-69-75(78)81-72-73(71-80-74(77)68-65-62-59-56-53-50-27-24-21-18-15-12-9-6-3)82-76(79)70-67-64-61-58-55-52-49-47-45-43-41-39-37-35-33-31-29-26-23-20-17-14-11-8-5-2/h22,25,30-33,73H,4-21,23-24,26-29,34-72H2,1-3H3/b25-22-,32-30-,33-31-. The van der Waals surface area contributed by atoms with Gasteiger partial charge in [-0.05, 0) is 77.0 Å². The molecule has 0 aromatic rings. The molecule has 0 N–H and O–H groups in total. The average Bonchev–Trinajstić information content (AvgIpc) is 3.47. The molecule has 0 heterocycles. The van der Waals surface area contributed by atoms with E-state index in [1.54, 1.807) is 0 Å². The normalized spacial score (nSPS) is 12.2. The summed E-state index contributed by atoms with van der Waals surface area (Å²) in [7, 11) is 0. The van der Waals surface area contributed by atoms with Gasteiger partial charge in [0.15, 0.2) is 6.10 Å². The first-order valence-corrected chi connectivity index (χ1v) is 37.0. The Kier molecular flexibility index (Phi) is 69.1. The Morgan fingerprint density at radius 3 is 0.683 bits per heavy atom. The van der Waals surface area contributed by atoms with Crippen molar-refractivity contribution >= 4 is 17.9 Å². The van der Waals surface area contributed by atoms with Gasteiger partial charge in [-0.3, -0.25) is 14.4 Å². The van der Waals surface area contributed by atoms with Crippen LogP contribution in [-0.4, -0.2) is 37.2 Å². The number of unbranched alkanes of at least 4 members (excludes halogenated alkanes) is 52. The van der Waals surface area contributed by atoms with Crippen LogP contribution < -0.4 is 0 Å². The van der Waals surface area contributed by atoms with Gasteiger partial charge in [0.25, 0.3) is 0 Å². The lowest BCUT2D eigenvalue weighted by Crippen LogP contribution is -2.30. The Balaban J connectivity index is 4.24. The molecule has 6 heteroatoms. The van der Waals surface area contributed by atoms with Gasteiger partial charge >= 0.3 is 17.9 Å². The summed E-state index contributed by atoms with van der Waals surface area (Å²) in [6.45, 7) is 6.71. The highest BCUT2D eigenvalue weighted by molar-refractivity contribution is 5.71. The van der Waals surface area contributed by atoms with E-state index in [0.29, 0.717) is 19.3 Å². The van der Waals surface area contributed by atoms with E-state index in [-0.39, 0.29) is 31.1 Å². The highest BCUT2D eigenvalue weighted by atomic mass is 16.6. The molecule has 0 spiro atoms. The van der Waals surface area contributed by atoms with Crippen LogP contribution in [0.5, 0.6) is 0 Å². The average molecular weight is 1150 g/mol. The predicted molar refractivity (Wildman–Crippen MR) is 358 cm³/mol. The van der Waals surface area contributed by atoms with Gasteiger partial charge in [-0.1, -0.05) is 353 Å². The second-order valence-corrected chi connectivity index (χ2v) is 25.2. The molecule has 0 aromatic heterocycles. The third-order valence-electron chi connectivity index (χ3n) is 16.9. The fraction of sp³-hybridized carbons (Fsp3) is 0.882. The van der Waals surface area contributed by atoms with E-state index < -0.39 is 6.10 Å². The highest BCUT2D eigenvalue weighted by Crippen LogP contribution is 2.19. The van der Waals surface area contributed by atoms with Crippen LogP contribution in [0.25, 0.3) is 0 Å². The molecule has 82 heavy (non-hydrogen) atoms. The summed E-state index contributed by atoms with van der Waals surface area (Å²) >= 11 is 0. The SMILES string of the molecule is CCCCCCC/C=C\C/C=C\CCCCCCCCCCCCCCCC(=O)OCC(COC(=O)CCCCCCCCCCCCCCCC)OC(=O)CCCCCCCCCCCCCCC/C=C\CCCCCCCCCC. The fourth-order valence-corrected chi connectivity index (χ4v) is 11.3. The third kappa shape index (κ3) is 68.4. The molecule has 0 saturated carbocycles. The molecule has 0 amide bonds. The van der Waals surface area contributed by atoms with E-state index >= 15 is 0 Å². The molecule has 0 aliphatic heterocycles. The van der Waals surface area contributed by atoms with Gasteiger partial charge in [-0.2, -0.15) is 0 Å². The Morgan fingerprint density at radius 2 is 0.439 bits per heavy atom. The zero-order valence-corrected chi connectivity index (χ0v) is 55.5. The van der Waals surface area contributed by atoms with E-state index in [9.17, 15) is 14.4 Å². The molecule has 0 fully saturated rings. The molecule has 0 aliphatic rings. The predicted octanol–water partition coefficient (Wildman–Crippen LogP) is 25.5. The molecule has 1 atom stereocenters. The summed E-state index contributed by atoms with van der Waals surface area (Å²) in [4.78, 5) is 38.5.